The number of aromatic amines is 1. The van der Waals surface area contributed by atoms with Crippen molar-refractivity contribution in [1.29, 1.82) is 0 Å². The molecule has 19 nitrogen and oxygen atoms in total. The van der Waals surface area contributed by atoms with Crippen molar-refractivity contribution in [3.05, 3.63) is 18.2 Å². The Kier molecular flexibility index (Phi) is 17.3. The first-order chi connectivity index (χ1) is 22.0. The molecule has 0 spiro atoms. The average Bonchev–Trinajstić information content (AvgIpc) is 3.52. The van der Waals surface area contributed by atoms with Crippen LogP contribution in [-0.2, 0) is 44.8 Å². The summed E-state index contributed by atoms with van der Waals surface area (Å²) in [6.45, 7) is 3.82. The minimum absolute atomic E-state index is 0.0360. The van der Waals surface area contributed by atoms with Crippen LogP contribution in [0, 0.1) is 5.92 Å². The zero-order valence-electron chi connectivity index (χ0n) is 25.8. The molecule has 0 radical (unpaired) electrons. The van der Waals surface area contributed by atoms with Gasteiger partial charge in [0.2, 0.25) is 35.4 Å². The minimum Gasteiger partial charge on any atom is -0.481 e. The Morgan fingerprint density at radius 3 is 1.94 bits per heavy atom. The standard InChI is InChI=1S/C26H41N9O10S2/c1-11(2)20(25(43)33-16(5-19(37)38)24(42)34-17(9-47)26(44)45)35-18(36)7-29-23(41)15(4-13-6-28-10-30-13)32-21(39)12(3)31-22(40)14(27)8-46/h6,10-12,14-17,20,46-47H,4-5,7-9,27H2,1-3H3,(H,28,30)(H,29,41)(H,31,40)(H,32,39)(H,33,43)(H,34,42)(H,35,36)(H,37,38)(H,44,45)/t12-,14-,15-,16-,17-,20-/m0/s1. The molecule has 11 N–H and O–H groups in total. The summed E-state index contributed by atoms with van der Waals surface area (Å²) in [6.07, 6.45) is 1.81. The molecule has 1 aromatic rings. The van der Waals surface area contributed by atoms with Gasteiger partial charge in [0.15, 0.2) is 0 Å². The number of aromatic nitrogens is 2. The van der Waals surface area contributed by atoms with E-state index in [-0.39, 0.29) is 17.9 Å². The Bertz CT molecular complexity index is 1280. The lowest BCUT2D eigenvalue weighted by atomic mass is 10.0. The van der Waals surface area contributed by atoms with Crippen LogP contribution in [-0.4, -0.2) is 122 Å². The molecule has 1 rings (SSSR count). The highest BCUT2D eigenvalue weighted by molar-refractivity contribution is 7.80. The SMILES string of the molecule is CC(C)[C@H](NC(=O)CNC(=O)[C@H](Cc1cnc[nH]1)NC(=O)[C@H](C)NC(=O)[C@@H](N)CS)C(=O)N[C@@H](CC(=O)O)C(=O)N[C@@H](CS)C(=O)O. The molecule has 1 aromatic heterocycles. The molecule has 6 amide bonds. The van der Waals surface area contributed by atoms with Crippen LogP contribution >= 0.6 is 25.3 Å². The maximum absolute atomic E-state index is 13.1. The average molecular weight is 704 g/mol. The van der Waals surface area contributed by atoms with Gasteiger partial charge >= 0.3 is 11.9 Å². The number of hydrogen-bond donors (Lipinski definition) is 12. The smallest absolute Gasteiger partial charge is 0.327 e. The maximum Gasteiger partial charge on any atom is 0.327 e. The first-order valence-electron chi connectivity index (χ1n) is 14.2. The molecule has 21 heteroatoms. The molecule has 6 atom stereocenters. The predicted octanol–water partition coefficient (Wildman–Crippen LogP) is -4.09. The lowest BCUT2D eigenvalue weighted by Crippen LogP contribution is -2.59. The van der Waals surface area contributed by atoms with E-state index < -0.39 is 103 Å². The van der Waals surface area contributed by atoms with E-state index >= 15 is 0 Å². The van der Waals surface area contributed by atoms with E-state index in [4.69, 9.17) is 10.8 Å². The fourth-order valence-corrected chi connectivity index (χ4v) is 4.16. The molecular formula is C26H41N9O10S2. The highest BCUT2D eigenvalue weighted by atomic mass is 32.1. The van der Waals surface area contributed by atoms with Gasteiger partial charge in [0, 0.05) is 29.8 Å². The molecule has 0 bridgehead atoms. The Hall–Kier alpha value is -4.37. The van der Waals surface area contributed by atoms with Crippen LogP contribution in [0.5, 0.6) is 0 Å². The maximum atomic E-state index is 13.1. The van der Waals surface area contributed by atoms with Gasteiger partial charge in [-0.2, -0.15) is 25.3 Å². The number of amides is 6. The highest BCUT2D eigenvalue weighted by Gasteiger charge is 2.32. The monoisotopic (exact) mass is 703 g/mol. The number of nitrogens with zero attached hydrogens (tertiary/aromatic N) is 1. The van der Waals surface area contributed by atoms with Crippen molar-refractivity contribution in [3.63, 3.8) is 0 Å². The van der Waals surface area contributed by atoms with E-state index in [0.29, 0.717) is 5.69 Å². The van der Waals surface area contributed by atoms with Crippen molar-refractivity contribution in [3.8, 4) is 0 Å². The normalized spacial score (nSPS) is 14.7. The van der Waals surface area contributed by atoms with Crippen LogP contribution in [0.3, 0.4) is 0 Å². The lowest BCUT2D eigenvalue weighted by molar-refractivity contribution is -0.143. The van der Waals surface area contributed by atoms with E-state index in [9.17, 15) is 43.5 Å². The van der Waals surface area contributed by atoms with Crippen LogP contribution in [0.4, 0.5) is 0 Å². The third-order valence-corrected chi connectivity index (χ3v) is 7.15. The fraction of sp³-hybridized carbons (Fsp3) is 0.577. The number of hydrogen-bond acceptors (Lipinski definition) is 12. The molecule has 0 fully saturated rings. The number of rotatable bonds is 20. The summed E-state index contributed by atoms with van der Waals surface area (Å²) in [5, 5.41) is 32.3. The Morgan fingerprint density at radius 1 is 0.809 bits per heavy atom. The molecular weight excluding hydrogens is 662 g/mol. The number of nitrogens with two attached hydrogens (primary N) is 1. The van der Waals surface area contributed by atoms with Crippen LogP contribution < -0.4 is 37.6 Å². The van der Waals surface area contributed by atoms with Crippen molar-refractivity contribution >= 4 is 72.6 Å². The summed E-state index contributed by atoms with van der Waals surface area (Å²) in [4.78, 5) is 106. The van der Waals surface area contributed by atoms with Crippen molar-refractivity contribution in [2.24, 2.45) is 11.7 Å². The third-order valence-electron chi connectivity index (χ3n) is 6.40. The number of thiol groups is 2. The largest absolute Gasteiger partial charge is 0.481 e. The van der Waals surface area contributed by atoms with Gasteiger partial charge < -0.3 is 52.8 Å². The summed E-state index contributed by atoms with van der Waals surface area (Å²) in [7, 11) is 0. The van der Waals surface area contributed by atoms with Gasteiger partial charge in [-0.25, -0.2) is 9.78 Å². The van der Waals surface area contributed by atoms with Crippen LogP contribution in [0.25, 0.3) is 0 Å². The van der Waals surface area contributed by atoms with E-state index in [2.05, 4.69) is 67.1 Å². The molecule has 0 aromatic carbocycles. The number of imidazole rings is 1. The van der Waals surface area contributed by atoms with Crippen LogP contribution in [0.1, 0.15) is 32.9 Å². The fourth-order valence-electron chi connectivity index (χ4n) is 3.74. The predicted molar refractivity (Wildman–Crippen MR) is 171 cm³/mol. The second kappa shape index (κ2) is 20.0. The summed E-state index contributed by atoms with van der Waals surface area (Å²) in [6, 6.07) is -7.73. The van der Waals surface area contributed by atoms with Crippen LogP contribution in [0.15, 0.2) is 12.5 Å². The van der Waals surface area contributed by atoms with Crippen LogP contribution in [0.2, 0.25) is 0 Å². The topological polar surface area (TPSA) is 304 Å². The van der Waals surface area contributed by atoms with E-state index in [0.717, 1.165) is 0 Å². The molecule has 1 heterocycles. The third kappa shape index (κ3) is 14.3. The van der Waals surface area contributed by atoms with Gasteiger partial charge in [-0.15, -0.1) is 0 Å². The molecule has 262 valence electrons. The highest BCUT2D eigenvalue weighted by Crippen LogP contribution is 2.05. The van der Waals surface area contributed by atoms with E-state index in [1.54, 1.807) is 13.8 Å². The first kappa shape index (κ1) is 40.7. The van der Waals surface area contributed by atoms with Gasteiger partial charge in [-0.3, -0.25) is 33.6 Å². The summed E-state index contributed by atoms with van der Waals surface area (Å²) in [5.41, 5.74) is 6.07. The Labute approximate surface area is 280 Å². The molecule has 0 aliphatic heterocycles. The van der Waals surface area contributed by atoms with Crippen molar-refractivity contribution in [2.45, 2.75) is 69.9 Å². The van der Waals surface area contributed by atoms with Crippen molar-refractivity contribution in [1.82, 2.24) is 41.9 Å². The van der Waals surface area contributed by atoms with Gasteiger partial charge in [0.25, 0.3) is 0 Å². The Morgan fingerprint density at radius 2 is 1.43 bits per heavy atom. The number of carboxylic acid groups (broad SMARTS) is 2. The van der Waals surface area contributed by atoms with Gasteiger partial charge in [-0.05, 0) is 12.8 Å². The van der Waals surface area contributed by atoms with E-state index in [1.807, 2.05) is 0 Å². The molecule has 47 heavy (non-hydrogen) atoms. The lowest BCUT2D eigenvalue weighted by Gasteiger charge is -2.25. The number of carboxylic acids is 2. The molecule has 0 saturated heterocycles. The second-order valence-corrected chi connectivity index (χ2v) is 11.3. The molecule has 0 saturated carbocycles. The minimum atomic E-state index is -1.69. The van der Waals surface area contributed by atoms with Gasteiger partial charge in [-0.1, -0.05) is 13.8 Å². The van der Waals surface area contributed by atoms with E-state index in [1.165, 1.54) is 19.4 Å². The summed E-state index contributed by atoms with van der Waals surface area (Å²) in [5.74, 6) is -8.79. The number of aliphatic carboxylic acids is 2. The molecule has 0 aliphatic rings. The number of nitrogens with one attached hydrogen (secondary N) is 7. The summed E-state index contributed by atoms with van der Waals surface area (Å²) < 4.78 is 0. The van der Waals surface area contributed by atoms with Gasteiger partial charge in [0.1, 0.15) is 30.2 Å². The molecule has 0 aliphatic carbocycles. The number of carbonyl (C=O) groups excluding carboxylic acids is 6. The van der Waals surface area contributed by atoms with Gasteiger partial charge in [0.05, 0.1) is 25.3 Å². The van der Waals surface area contributed by atoms with Crippen molar-refractivity contribution in [2.75, 3.05) is 18.1 Å². The zero-order chi connectivity index (χ0) is 35.8. The summed E-state index contributed by atoms with van der Waals surface area (Å²) >= 11 is 7.76. The Balaban J connectivity index is 2.94. The number of H-pyrrole nitrogens is 1. The van der Waals surface area contributed by atoms with Crippen molar-refractivity contribution < 1.29 is 48.6 Å². The first-order valence-corrected chi connectivity index (χ1v) is 15.4. The number of carbonyl (C=O) groups is 8. The zero-order valence-corrected chi connectivity index (χ0v) is 27.6. The quantitative estimate of drug-likeness (QED) is 0.0577. The second-order valence-electron chi connectivity index (χ2n) is 10.6. The molecule has 0 unspecified atom stereocenters.